The summed E-state index contributed by atoms with van der Waals surface area (Å²) in [6, 6.07) is -1.39. The molecule has 0 saturated heterocycles. The number of ether oxygens (including phenoxy) is 1. The molecule has 0 radical (unpaired) electrons. The third-order valence-electron chi connectivity index (χ3n) is 9.48. The molecular weight excluding hydrogens is 644 g/mol. The molecule has 0 aliphatic carbocycles. The van der Waals surface area contributed by atoms with Gasteiger partial charge in [0.2, 0.25) is 11.8 Å². The maximum absolute atomic E-state index is 12.5. The van der Waals surface area contributed by atoms with E-state index in [2.05, 4.69) is 30.6 Å². The predicted octanol–water partition coefficient (Wildman–Crippen LogP) is 9.88. The smallest absolute Gasteiger partial charge is 0.328 e. The second-order valence-corrected chi connectivity index (χ2v) is 14.4. The Bertz CT molecular complexity index is 879. The van der Waals surface area contributed by atoms with Gasteiger partial charge in [0.15, 0.2) is 0 Å². The Hall–Kier alpha value is -2.42. The number of hydrogen-bond donors (Lipinski definition) is 4. The lowest BCUT2D eigenvalue weighted by Gasteiger charge is -2.15. The number of carboxylic acids is 1. The van der Waals surface area contributed by atoms with Crippen LogP contribution < -0.4 is 10.6 Å². The Labute approximate surface area is 311 Å². The van der Waals surface area contributed by atoms with Gasteiger partial charge in [-0.2, -0.15) is 0 Å². The van der Waals surface area contributed by atoms with Gasteiger partial charge in [0.1, 0.15) is 12.1 Å². The number of aliphatic hydroxyl groups excluding tert-OH is 1. The van der Waals surface area contributed by atoms with Crippen molar-refractivity contribution in [2.45, 2.75) is 219 Å². The zero-order chi connectivity index (χ0) is 37.6. The number of carbonyl (C=O) groups is 4. The Morgan fingerprint density at radius 3 is 1.49 bits per heavy atom. The van der Waals surface area contributed by atoms with Gasteiger partial charge in [0.05, 0.1) is 13.2 Å². The molecule has 0 aromatic carbocycles. The number of amides is 2. The zero-order valence-corrected chi connectivity index (χ0v) is 32.9. The number of aliphatic carboxylic acids is 1. The van der Waals surface area contributed by atoms with Crippen molar-refractivity contribution in [2.75, 3.05) is 13.2 Å². The maximum atomic E-state index is 12.5. The Kier molecular flexibility index (Phi) is 35.6. The van der Waals surface area contributed by atoms with Gasteiger partial charge < -0.3 is 25.6 Å². The Balaban J connectivity index is 3.81. The van der Waals surface area contributed by atoms with Gasteiger partial charge in [-0.3, -0.25) is 14.4 Å². The molecule has 2 amide bonds. The van der Waals surface area contributed by atoms with Gasteiger partial charge in [-0.05, 0) is 38.2 Å². The molecule has 0 aromatic heterocycles. The highest BCUT2D eigenvalue weighted by Crippen LogP contribution is 2.16. The minimum atomic E-state index is -1.39. The molecule has 0 heterocycles. The fourth-order valence-corrected chi connectivity index (χ4v) is 6.22. The fraction of sp³-hybridized carbons (Fsp3) is 0.857. The number of hydrogen-bond acceptors (Lipinski definition) is 6. The van der Waals surface area contributed by atoms with E-state index in [1.807, 2.05) is 6.08 Å². The highest BCUT2D eigenvalue weighted by atomic mass is 16.5. The number of aliphatic hydroxyl groups is 1. The van der Waals surface area contributed by atoms with Crippen LogP contribution in [0.25, 0.3) is 0 Å². The van der Waals surface area contributed by atoms with Crippen molar-refractivity contribution in [2.24, 2.45) is 0 Å². The lowest BCUT2D eigenvalue weighted by molar-refractivity contribution is -0.147. The zero-order valence-electron chi connectivity index (χ0n) is 32.9. The van der Waals surface area contributed by atoms with Crippen molar-refractivity contribution in [3.63, 3.8) is 0 Å². The minimum absolute atomic E-state index is 0.117. The second-order valence-electron chi connectivity index (χ2n) is 14.4. The second kappa shape index (κ2) is 37.3. The first-order valence-electron chi connectivity index (χ1n) is 21.1. The van der Waals surface area contributed by atoms with E-state index in [-0.39, 0.29) is 30.9 Å². The van der Waals surface area contributed by atoms with Crippen LogP contribution in [0.5, 0.6) is 0 Å². The summed E-state index contributed by atoms with van der Waals surface area (Å²) in [6.45, 7) is 3.35. The van der Waals surface area contributed by atoms with E-state index in [4.69, 9.17) is 14.9 Å². The Morgan fingerprint density at radius 1 is 0.588 bits per heavy atom. The monoisotopic (exact) mass is 723 g/mol. The number of nitrogens with one attached hydrogen (secondary N) is 2. The van der Waals surface area contributed by atoms with Gasteiger partial charge in [-0.1, -0.05) is 168 Å². The predicted molar refractivity (Wildman–Crippen MR) is 209 cm³/mol. The van der Waals surface area contributed by atoms with Crippen molar-refractivity contribution < 1.29 is 34.1 Å². The van der Waals surface area contributed by atoms with Crippen LogP contribution in [-0.4, -0.2) is 59.3 Å². The van der Waals surface area contributed by atoms with E-state index in [1.165, 1.54) is 122 Å². The van der Waals surface area contributed by atoms with Crippen molar-refractivity contribution in [1.82, 2.24) is 10.6 Å². The van der Waals surface area contributed by atoms with Gasteiger partial charge in [0, 0.05) is 12.8 Å². The molecular formula is C42H78N2O7. The molecule has 0 bridgehead atoms. The summed E-state index contributed by atoms with van der Waals surface area (Å²) in [6.07, 6.45) is 38.9. The number of carboxylic acid groups (broad SMARTS) is 1. The first-order valence-corrected chi connectivity index (χ1v) is 21.1. The first-order chi connectivity index (χ1) is 24.8. The molecule has 2 unspecified atom stereocenters. The van der Waals surface area contributed by atoms with Gasteiger partial charge in [-0.15, -0.1) is 0 Å². The van der Waals surface area contributed by atoms with E-state index < -0.39 is 24.5 Å². The molecule has 0 aromatic rings. The maximum Gasteiger partial charge on any atom is 0.328 e. The van der Waals surface area contributed by atoms with E-state index in [0.717, 1.165) is 51.4 Å². The summed E-state index contributed by atoms with van der Waals surface area (Å²) in [5.74, 6) is -2.40. The largest absolute Gasteiger partial charge is 0.480 e. The Morgan fingerprint density at radius 2 is 1.04 bits per heavy atom. The summed E-state index contributed by atoms with van der Waals surface area (Å²) in [4.78, 5) is 47.2. The van der Waals surface area contributed by atoms with Crippen LogP contribution in [-0.2, 0) is 23.9 Å². The minimum Gasteiger partial charge on any atom is -0.480 e. The molecule has 0 saturated carbocycles. The molecule has 0 aliphatic rings. The van der Waals surface area contributed by atoms with Crippen LogP contribution in [0.3, 0.4) is 0 Å². The van der Waals surface area contributed by atoms with E-state index >= 15 is 0 Å². The number of unbranched alkanes of at least 4 members (excludes halogenated alkanes) is 24. The van der Waals surface area contributed by atoms with Crippen LogP contribution >= 0.6 is 0 Å². The number of carbonyl (C=O) groups excluding carboxylic acids is 3. The lowest BCUT2D eigenvalue weighted by Crippen LogP contribution is -2.47. The number of allylic oxidation sites excluding steroid dienone is 1. The first kappa shape index (κ1) is 48.6. The normalized spacial score (nSPS) is 12.5. The number of esters is 1. The molecule has 0 rings (SSSR count). The summed E-state index contributed by atoms with van der Waals surface area (Å²) in [5.41, 5.74) is 0. The van der Waals surface area contributed by atoms with Crippen LogP contribution in [0.15, 0.2) is 12.2 Å². The summed E-state index contributed by atoms with van der Waals surface area (Å²) in [5, 5.41) is 22.4. The molecule has 4 N–H and O–H groups in total. The third kappa shape index (κ3) is 34.4. The molecule has 2 atom stereocenters. The van der Waals surface area contributed by atoms with Crippen molar-refractivity contribution >= 4 is 23.8 Å². The quantitative estimate of drug-likeness (QED) is 0.0282. The van der Waals surface area contributed by atoms with Crippen molar-refractivity contribution in [3.8, 4) is 0 Å². The molecule has 0 aliphatic heterocycles. The third-order valence-corrected chi connectivity index (χ3v) is 9.48. The van der Waals surface area contributed by atoms with Crippen LogP contribution in [0, 0.1) is 0 Å². The van der Waals surface area contributed by atoms with Crippen LogP contribution in [0.4, 0.5) is 0 Å². The summed E-state index contributed by atoms with van der Waals surface area (Å²) in [7, 11) is 0. The van der Waals surface area contributed by atoms with Gasteiger partial charge in [-0.25, -0.2) is 4.79 Å². The average molecular weight is 723 g/mol. The average Bonchev–Trinajstić information content (AvgIpc) is 3.11. The molecule has 51 heavy (non-hydrogen) atoms. The lowest BCUT2D eigenvalue weighted by atomic mass is 10.0. The summed E-state index contributed by atoms with van der Waals surface area (Å²) < 4.78 is 5.81. The van der Waals surface area contributed by atoms with E-state index in [0.29, 0.717) is 12.8 Å². The van der Waals surface area contributed by atoms with Crippen LogP contribution in [0.2, 0.25) is 0 Å². The topological polar surface area (TPSA) is 142 Å². The SMILES string of the molecule is CCC/C=C\C(CCCCCCC(=O)NCC(=O)NC(CO)C(=O)O)OC(=O)CCCCCCCCCCCCCCCCCCCCCCC. The fourth-order valence-electron chi connectivity index (χ4n) is 6.22. The van der Waals surface area contributed by atoms with Gasteiger partial charge >= 0.3 is 11.9 Å². The number of rotatable bonds is 38. The molecule has 9 heteroatoms. The highest BCUT2D eigenvalue weighted by molar-refractivity contribution is 5.87. The van der Waals surface area contributed by atoms with E-state index in [1.54, 1.807) is 0 Å². The molecule has 0 fully saturated rings. The van der Waals surface area contributed by atoms with Crippen molar-refractivity contribution in [1.29, 1.82) is 0 Å². The van der Waals surface area contributed by atoms with Gasteiger partial charge in [0.25, 0.3) is 0 Å². The summed E-state index contributed by atoms with van der Waals surface area (Å²) >= 11 is 0. The van der Waals surface area contributed by atoms with E-state index in [9.17, 15) is 19.2 Å². The van der Waals surface area contributed by atoms with Crippen molar-refractivity contribution in [3.05, 3.63) is 12.2 Å². The molecule has 298 valence electrons. The molecule has 0 spiro atoms. The van der Waals surface area contributed by atoms with Crippen LogP contribution in [0.1, 0.15) is 206 Å². The molecule has 9 nitrogen and oxygen atoms in total. The highest BCUT2D eigenvalue weighted by Gasteiger charge is 2.18. The standard InChI is InChI=1S/C42H78N2O7/c1-3-5-7-8-9-10-11-12-13-14-15-16-17-18-19-20-21-22-23-24-30-34-41(48)51-37(31-27-6-4-2)32-28-25-26-29-33-39(46)43-35-40(47)44-38(36-45)42(49)50/h27,31,37-38,45H,3-26,28-30,32-36H2,1-2H3,(H,43,46)(H,44,47)(H,49,50)/b31-27-.